The zero-order valence-electron chi connectivity index (χ0n) is 18.2. The third-order valence-electron chi connectivity index (χ3n) is 4.94. The molecule has 168 valence electrons. The third-order valence-corrected chi connectivity index (χ3v) is 4.94. The maximum Gasteiger partial charge on any atom is 0.338 e. The highest BCUT2D eigenvalue weighted by atomic mass is 16.5. The second-order valence-corrected chi connectivity index (χ2v) is 7.49. The van der Waals surface area contributed by atoms with Crippen LogP contribution in [0.2, 0.25) is 0 Å². The molecular formula is C26H30N2O4. The van der Waals surface area contributed by atoms with Crippen molar-refractivity contribution in [2.45, 2.75) is 32.1 Å². The molecule has 0 aliphatic heterocycles. The summed E-state index contributed by atoms with van der Waals surface area (Å²) < 4.78 is 5.28. The number of carbonyl (C=O) groups excluding carboxylic acids is 1. The Labute approximate surface area is 188 Å². The molecular weight excluding hydrogens is 404 g/mol. The molecule has 0 aliphatic carbocycles. The van der Waals surface area contributed by atoms with Gasteiger partial charge in [-0.2, -0.15) is 0 Å². The molecule has 3 aromatic rings. The number of ether oxygens (including phenoxy) is 1. The number of unbranched alkanes of at least 4 members (excludes halogenated alkanes) is 1. The van der Waals surface area contributed by atoms with Crippen LogP contribution in [0.15, 0.2) is 78.9 Å². The van der Waals surface area contributed by atoms with Crippen LogP contribution < -0.4 is 11.5 Å². The number of nitrogen functional groups attached to an aromatic ring is 2. The van der Waals surface area contributed by atoms with Gasteiger partial charge in [-0.25, -0.2) is 9.59 Å². The van der Waals surface area contributed by atoms with E-state index in [1.807, 2.05) is 6.07 Å². The summed E-state index contributed by atoms with van der Waals surface area (Å²) in [7, 11) is 0. The molecule has 1 unspecified atom stereocenters. The fourth-order valence-electron chi connectivity index (χ4n) is 2.99. The Morgan fingerprint density at radius 1 is 0.812 bits per heavy atom. The first-order valence-corrected chi connectivity index (χ1v) is 10.5. The van der Waals surface area contributed by atoms with Crippen molar-refractivity contribution in [3.05, 3.63) is 95.6 Å². The molecule has 0 spiro atoms. The van der Waals surface area contributed by atoms with Crippen molar-refractivity contribution in [1.82, 2.24) is 0 Å². The average molecular weight is 435 g/mol. The van der Waals surface area contributed by atoms with Gasteiger partial charge in [-0.3, -0.25) is 0 Å². The first kappa shape index (κ1) is 24.5. The number of hydrogen-bond donors (Lipinski definition) is 3. The minimum atomic E-state index is -0.931. The molecule has 1 atom stereocenters. The summed E-state index contributed by atoms with van der Waals surface area (Å²) >= 11 is 0. The Morgan fingerprint density at radius 2 is 1.34 bits per heavy atom. The lowest BCUT2D eigenvalue weighted by Crippen LogP contribution is -2.06. The maximum absolute atomic E-state index is 11.8. The first-order valence-electron chi connectivity index (χ1n) is 10.5. The topological polar surface area (TPSA) is 116 Å². The Hall–Kier alpha value is -3.80. The van der Waals surface area contributed by atoms with Gasteiger partial charge in [0.1, 0.15) is 0 Å². The smallest absolute Gasteiger partial charge is 0.338 e. The summed E-state index contributed by atoms with van der Waals surface area (Å²) in [4.78, 5) is 22.1. The molecule has 0 amide bonds. The molecule has 6 heteroatoms. The largest absolute Gasteiger partial charge is 0.478 e. The molecule has 3 rings (SSSR count). The number of nitrogens with two attached hydrogens (primary N) is 2. The van der Waals surface area contributed by atoms with Crippen LogP contribution in [0.3, 0.4) is 0 Å². The number of rotatable bonds is 8. The summed E-state index contributed by atoms with van der Waals surface area (Å²) in [6.07, 6.45) is 3.03. The second kappa shape index (κ2) is 12.8. The number of hydrogen-bond acceptors (Lipinski definition) is 5. The van der Waals surface area contributed by atoms with E-state index in [9.17, 15) is 9.59 Å². The van der Waals surface area contributed by atoms with Crippen LogP contribution in [0.1, 0.15) is 58.4 Å². The van der Waals surface area contributed by atoms with Crippen LogP contribution in [0, 0.1) is 0 Å². The number of benzene rings is 3. The highest BCUT2D eigenvalue weighted by molar-refractivity contribution is 5.89. The van der Waals surface area contributed by atoms with Crippen LogP contribution in [0.25, 0.3) is 0 Å². The van der Waals surface area contributed by atoms with Gasteiger partial charge in [-0.15, -0.1) is 0 Å². The van der Waals surface area contributed by atoms with Crippen molar-refractivity contribution < 1.29 is 19.4 Å². The standard InChI is InChI=1S/C19H23NO2.C7H7NO2/c1-15(16-8-3-2-4-9-16)7-5-6-14-22-19(21)17-10-12-18(20)13-11-17;8-6-3-1-5(2-4-6)7(9)10/h2-4,8-13,15H,5-7,14,20H2,1H3;1-4H,8H2,(H,9,10). The lowest BCUT2D eigenvalue weighted by Gasteiger charge is -2.11. The molecule has 0 bridgehead atoms. The molecule has 0 aliphatic rings. The molecule has 0 heterocycles. The van der Waals surface area contributed by atoms with Gasteiger partial charge < -0.3 is 21.3 Å². The number of carboxylic acids is 1. The molecule has 0 aromatic heterocycles. The van der Waals surface area contributed by atoms with Crippen molar-refractivity contribution in [3.8, 4) is 0 Å². The molecule has 0 saturated carbocycles. The van der Waals surface area contributed by atoms with Gasteiger partial charge in [0.05, 0.1) is 17.7 Å². The van der Waals surface area contributed by atoms with Gasteiger partial charge in [0, 0.05) is 11.4 Å². The fraction of sp³-hybridized carbons (Fsp3) is 0.231. The van der Waals surface area contributed by atoms with Crippen molar-refractivity contribution in [3.63, 3.8) is 0 Å². The number of anilines is 2. The van der Waals surface area contributed by atoms with Crippen LogP contribution in [-0.2, 0) is 4.74 Å². The lowest BCUT2D eigenvalue weighted by molar-refractivity contribution is 0.0497. The molecule has 5 N–H and O–H groups in total. The van der Waals surface area contributed by atoms with Crippen LogP contribution in [-0.4, -0.2) is 23.7 Å². The minimum absolute atomic E-state index is 0.259. The van der Waals surface area contributed by atoms with Gasteiger partial charge >= 0.3 is 11.9 Å². The monoisotopic (exact) mass is 434 g/mol. The quantitative estimate of drug-likeness (QED) is 0.249. The maximum atomic E-state index is 11.8. The van der Waals surface area contributed by atoms with Gasteiger partial charge in [0.25, 0.3) is 0 Å². The van der Waals surface area contributed by atoms with E-state index in [1.165, 1.54) is 17.7 Å². The highest BCUT2D eigenvalue weighted by Crippen LogP contribution is 2.20. The van der Waals surface area contributed by atoms with Crippen LogP contribution in [0.5, 0.6) is 0 Å². The molecule has 32 heavy (non-hydrogen) atoms. The SMILES string of the molecule is CC(CCCCOC(=O)c1ccc(N)cc1)c1ccccc1.Nc1ccc(C(=O)O)cc1. The van der Waals surface area contributed by atoms with E-state index in [0.717, 1.165) is 19.3 Å². The molecule has 3 aromatic carbocycles. The first-order chi connectivity index (χ1) is 15.4. The van der Waals surface area contributed by atoms with Crippen molar-refractivity contribution in [1.29, 1.82) is 0 Å². The summed E-state index contributed by atoms with van der Waals surface area (Å²) in [6.45, 7) is 2.69. The van der Waals surface area contributed by atoms with E-state index in [4.69, 9.17) is 21.3 Å². The fourth-order valence-corrected chi connectivity index (χ4v) is 2.99. The van der Waals surface area contributed by atoms with E-state index >= 15 is 0 Å². The Kier molecular flexibility index (Phi) is 9.78. The van der Waals surface area contributed by atoms with Gasteiger partial charge in [-0.05, 0) is 79.3 Å². The van der Waals surface area contributed by atoms with E-state index in [1.54, 1.807) is 36.4 Å². The van der Waals surface area contributed by atoms with E-state index in [2.05, 4.69) is 31.2 Å². The van der Waals surface area contributed by atoms with Gasteiger partial charge in [0.15, 0.2) is 0 Å². The average Bonchev–Trinajstić information content (AvgIpc) is 2.80. The second-order valence-electron chi connectivity index (χ2n) is 7.49. The highest BCUT2D eigenvalue weighted by Gasteiger charge is 2.07. The number of carboxylic acid groups (broad SMARTS) is 1. The van der Waals surface area contributed by atoms with E-state index < -0.39 is 5.97 Å². The Balaban J connectivity index is 0.000000303. The van der Waals surface area contributed by atoms with E-state index in [0.29, 0.717) is 29.5 Å². The minimum Gasteiger partial charge on any atom is -0.478 e. The lowest BCUT2D eigenvalue weighted by atomic mass is 9.96. The summed E-state index contributed by atoms with van der Waals surface area (Å²) in [6, 6.07) is 23.3. The summed E-state index contributed by atoms with van der Waals surface area (Å²) in [5, 5.41) is 8.43. The van der Waals surface area contributed by atoms with E-state index in [-0.39, 0.29) is 11.5 Å². The number of esters is 1. The van der Waals surface area contributed by atoms with Gasteiger partial charge in [0.2, 0.25) is 0 Å². The van der Waals surface area contributed by atoms with Crippen LogP contribution >= 0.6 is 0 Å². The third kappa shape index (κ3) is 8.52. The molecule has 6 nitrogen and oxygen atoms in total. The zero-order valence-corrected chi connectivity index (χ0v) is 18.2. The van der Waals surface area contributed by atoms with Crippen LogP contribution in [0.4, 0.5) is 11.4 Å². The number of aromatic carboxylic acids is 1. The Bertz CT molecular complexity index is 971. The van der Waals surface area contributed by atoms with Crippen molar-refractivity contribution in [2.24, 2.45) is 0 Å². The molecule has 0 radical (unpaired) electrons. The Morgan fingerprint density at radius 3 is 1.88 bits per heavy atom. The van der Waals surface area contributed by atoms with Gasteiger partial charge in [-0.1, -0.05) is 37.3 Å². The summed E-state index contributed by atoms with van der Waals surface area (Å²) in [5.74, 6) is -0.676. The number of carbonyl (C=O) groups is 2. The molecule has 0 fully saturated rings. The predicted molar refractivity (Wildman–Crippen MR) is 128 cm³/mol. The van der Waals surface area contributed by atoms with Crippen molar-refractivity contribution in [2.75, 3.05) is 18.1 Å². The normalized spacial score (nSPS) is 11.0. The van der Waals surface area contributed by atoms with Crippen molar-refractivity contribution >= 4 is 23.3 Å². The zero-order chi connectivity index (χ0) is 23.3. The summed E-state index contributed by atoms with van der Waals surface area (Å²) in [5.41, 5.74) is 14.3. The predicted octanol–water partition coefficient (Wildman–Crippen LogP) is 5.37. The molecule has 0 saturated heterocycles.